The Labute approximate surface area is 252 Å². The summed E-state index contributed by atoms with van der Waals surface area (Å²) in [5.74, 6) is 0. The van der Waals surface area contributed by atoms with E-state index in [1.165, 1.54) is 55.3 Å². The summed E-state index contributed by atoms with van der Waals surface area (Å²) in [5.41, 5.74) is 1.91. The van der Waals surface area contributed by atoms with Gasteiger partial charge in [-0.1, -0.05) is 0 Å². The number of benzene rings is 5. The quantitative estimate of drug-likeness (QED) is 0.117. The average Bonchev–Trinajstić information content (AvgIpc) is 4.05. The first-order valence-corrected chi connectivity index (χ1v) is 25.7. The van der Waals surface area contributed by atoms with E-state index in [-0.39, 0.29) is 7.92 Å². The zero-order valence-corrected chi connectivity index (χ0v) is 27.3. The van der Waals surface area contributed by atoms with Gasteiger partial charge in [0.15, 0.2) is 0 Å². The van der Waals surface area contributed by atoms with Crippen LogP contribution in [-0.2, 0) is 10.8 Å². The second-order valence-electron chi connectivity index (χ2n) is 17.7. The second-order valence-corrected chi connectivity index (χ2v) is 45.4. The van der Waals surface area contributed by atoms with E-state index in [1.54, 1.807) is 15.9 Å². The second kappa shape index (κ2) is 3.88. The van der Waals surface area contributed by atoms with Gasteiger partial charge in [0.05, 0.1) is 0 Å². The van der Waals surface area contributed by atoms with Gasteiger partial charge in [-0.25, -0.2) is 0 Å². The van der Waals surface area contributed by atoms with Gasteiger partial charge in [0.25, 0.3) is 0 Å². The molecule has 216 valence electrons. The van der Waals surface area contributed by atoms with Crippen molar-refractivity contribution in [2.45, 2.75) is 47.2 Å². The fourth-order valence-corrected chi connectivity index (χ4v) is 107. The third kappa shape index (κ3) is 0.656. The molecular weight excluding hydrogens is 610 g/mol. The first-order chi connectivity index (χ1) is 21.6. The Kier molecular flexibility index (Phi) is 1.95. The fraction of sp³-hybridized carbons (Fsp3) is 0.268. The average molecular weight is 645 g/mol. The van der Waals surface area contributed by atoms with Crippen LogP contribution in [0.3, 0.4) is 0 Å². The first kappa shape index (κ1) is 22.1. The van der Waals surface area contributed by atoms with Crippen molar-refractivity contribution < 1.29 is 6.51 Å². The molecule has 0 aliphatic carbocycles. The fourth-order valence-electron chi connectivity index (χ4n) is 22.6. The normalized spacial score (nSPS) is 54.9. The molecule has 0 radical (unpaired) electrons. The molecule has 0 bridgehead atoms. The van der Waals surface area contributed by atoms with Crippen molar-refractivity contribution in [1.82, 2.24) is 0 Å². The summed E-state index contributed by atoms with van der Waals surface area (Å²) in [7, 11) is -0.937. The third-order valence-electron chi connectivity index (χ3n) is 21.3. The summed E-state index contributed by atoms with van der Waals surface area (Å²) < 4.78 is 1.37. The Hall–Kier alpha value is -2.52. The number of rotatable bonds is 8. The molecule has 0 N–H and O–H groups in total. The van der Waals surface area contributed by atoms with Gasteiger partial charge in [0.1, 0.15) is 0 Å². The molecule has 10 fully saturated rings. The van der Waals surface area contributed by atoms with Crippen molar-refractivity contribution in [3.8, 4) is 0 Å². The van der Waals surface area contributed by atoms with Crippen LogP contribution in [0.25, 0.3) is 0 Å². The Morgan fingerprint density at radius 2 is 0.886 bits per heavy atom. The van der Waals surface area contributed by atoms with E-state index < -0.39 is 14.4 Å². The summed E-state index contributed by atoms with van der Waals surface area (Å²) in [6.07, 6.45) is 1.52. The van der Waals surface area contributed by atoms with Gasteiger partial charge in [0.2, 0.25) is 0 Å². The van der Waals surface area contributed by atoms with Gasteiger partial charge in [-0.2, -0.15) is 0 Å². The van der Waals surface area contributed by atoms with Crippen LogP contribution in [0.5, 0.6) is 0 Å². The zero-order chi connectivity index (χ0) is 28.2. The van der Waals surface area contributed by atoms with Gasteiger partial charge in [-0.15, -0.1) is 0 Å². The number of fused-ring (bicyclic) bond motifs is 10. The molecule has 5 aromatic carbocycles. The molecule has 0 aromatic heterocycles. The molecule has 0 nitrogen and oxygen atoms in total. The minimum atomic E-state index is -3.83. The van der Waals surface area contributed by atoms with E-state index in [2.05, 4.69) is 146 Å². The molecule has 4 unspecified atom stereocenters. The minimum absolute atomic E-state index is 0.351. The van der Waals surface area contributed by atoms with Crippen LogP contribution in [-0.4, -0.2) is 6.16 Å². The Morgan fingerprint density at radius 3 is 1.34 bits per heavy atom. The van der Waals surface area contributed by atoms with Crippen molar-refractivity contribution in [2.24, 2.45) is 0 Å². The first-order valence-electron chi connectivity index (χ1n) is 16.7. The molecule has 5 aromatic rings. The SMILES string of the molecule is c1ccc(P(C[C@]23[CH]4[CH]5[CH]6[C]2(c2ccccc2P(c2ccccc2)c2ccccc2)[Fe]56432789[CH]3[CH]2[CH]7[CH]8[CH]39)c2ccccc2)cc1. The summed E-state index contributed by atoms with van der Waals surface area (Å²) in [5, 5.41) is 8.04. The van der Waals surface area contributed by atoms with E-state index in [9.17, 15) is 0 Å². The predicted octanol–water partition coefficient (Wildman–Crippen LogP) is 8.74. The van der Waals surface area contributed by atoms with Crippen LogP contribution in [0.2, 0.25) is 42.8 Å². The van der Waals surface area contributed by atoms with Crippen LogP contribution in [0, 0.1) is 0 Å². The Morgan fingerprint density at radius 1 is 0.455 bits per heavy atom. The zero-order valence-electron chi connectivity index (χ0n) is 24.4. The van der Waals surface area contributed by atoms with Crippen LogP contribution < -0.4 is 26.5 Å². The summed E-state index contributed by atoms with van der Waals surface area (Å²) in [6.45, 7) is -3.83. The third-order valence-corrected chi connectivity index (χ3v) is 70.1. The Bertz CT molecular complexity index is 2430. The monoisotopic (exact) mass is 644 g/mol. The summed E-state index contributed by atoms with van der Waals surface area (Å²) in [4.78, 5) is 10.1. The van der Waals surface area contributed by atoms with Crippen LogP contribution >= 0.6 is 15.8 Å². The summed E-state index contributed by atoms with van der Waals surface area (Å²) >= 11 is 0. The van der Waals surface area contributed by atoms with Crippen LogP contribution in [0.1, 0.15) is 5.56 Å². The molecule has 44 heavy (non-hydrogen) atoms. The maximum atomic E-state index is 2.73. The van der Waals surface area contributed by atoms with E-state index in [4.69, 9.17) is 0 Å². The van der Waals surface area contributed by atoms with Crippen LogP contribution in [0.4, 0.5) is 0 Å². The standard InChI is InChI=1S/C36H29P2.C5H5.Fe/c1-5-17-30(18-6-1)37(31-19-7-2-8-20-31)28-29-16-15-26-34(29)35-25-13-14-27-36(35)38(32-21-9-3-10-22-32)33-23-11-4-12-24-33;1-2-4-5-3-1;/h1-27H,28H2;1-5H;. The number of hydrogen-bond donors (Lipinski definition) is 0. The topological polar surface area (TPSA) is 0 Å². The van der Waals surface area contributed by atoms with Gasteiger partial charge >= 0.3 is 253 Å². The molecule has 10 saturated heterocycles. The van der Waals surface area contributed by atoms with E-state index >= 15 is 0 Å². The van der Waals surface area contributed by atoms with Crippen molar-refractivity contribution >= 4 is 42.4 Å². The van der Waals surface area contributed by atoms with Crippen molar-refractivity contribution in [3.05, 3.63) is 151 Å². The van der Waals surface area contributed by atoms with Gasteiger partial charge < -0.3 is 0 Å². The van der Waals surface area contributed by atoms with Crippen molar-refractivity contribution in [1.29, 1.82) is 0 Å². The van der Waals surface area contributed by atoms with Crippen molar-refractivity contribution in [2.75, 3.05) is 6.16 Å². The molecule has 15 rings (SSSR count). The van der Waals surface area contributed by atoms with Crippen LogP contribution in [0.15, 0.2) is 146 Å². The van der Waals surface area contributed by atoms with Crippen molar-refractivity contribution in [3.63, 3.8) is 0 Å². The molecule has 10 aliphatic rings. The van der Waals surface area contributed by atoms with Gasteiger partial charge in [-0.3, -0.25) is 0 Å². The van der Waals surface area contributed by atoms with Gasteiger partial charge in [-0.05, 0) is 0 Å². The van der Waals surface area contributed by atoms with Gasteiger partial charge in [0, 0.05) is 0 Å². The molecular formula is C41H34FeP2. The number of hydrogen-bond acceptors (Lipinski definition) is 0. The molecule has 1 spiro atoms. The molecule has 0 saturated carbocycles. The molecule has 5 atom stereocenters. The van der Waals surface area contributed by atoms with E-state index in [0.29, 0.717) is 4.31 Å². The molecule has 10 aliphatic heterocycles. The maximum absolute atomic E-state index is 3.83. The molecule has 3 heteroatoms. The molecule has 0 amide bonds. The van der Waals surface area contributed by atoms with E-state index in [0.717, 1.165) is 4.31 Å². The Balaban J connectivity index is 1.01. The predicted molar refractivity (Wildman–Crippen MR) is 183 cm³/mol. The summed E-state index contributed by atoms with van der Waals surface area (Å²) in [6, 6.07) is 57.0. The molecule has 10 heterocycles. The van der Waals surface area contributed by atoms with E-state index in [1.807, 2.05) is 5.56 Å².